The first-order valence-corrected chi connectivity index (χ1v) is 11.1. The lowest BCUT2D eigenvalue weighted by Gasteiger charge is -2.28. The summed E-state index contributed by atoms with van der Waals surface area (Å²) in [7, 11) is -1.82. The Labute approximate surface area is 162 Å². The fraction of sp³-hybridized carbons (Fsp3) is 0.611. The minimum absolute atomic E-state index is 0.109. The summed E-state index contributed by atoms with van der Waals surface area (Å²) in [5, 5.41) is 11.2. The number of primary sulfonamides is 1. The molecule has 0 bridgehead atoms. The van der Waals surface area contributed by atoms with Gasteiger partial charge in [-0.1, -0.05) is 18.2 Å². The zero-order valence-corrected chi connectivity index (χ0v) is 17.0. The van der Waals surface area contributed by atoms with Crippen molar-refractivity contribution < 1.29 is 13.2 Å². The fourth-order valence-electron chi connectivity index (χ4n) is 3.24. The van der Waals surface area contributed by atoms with Crippen LogP contribution in [0.25, 0.3) is 0 Å². The molecule has 0 aliphatic carbocycles. The molecule has 0 radical (unpaired) electrons. The number of rotatable bonds is 9. The van der Waals surface area contributed by atoms with E-state index in [1.54, 1.807) is 7.11 Å². The normalized spacial score (nSPS) is 16.9. The number of guanidine groups is 1. The molecule has 152 valence electrons. The minimum Gasteiger partial charge on any atom is -0.496 e. The number of nitrogens with two attached hydrogens (primary N) is 1. The molecule has 4 N–H and O–H groups in total. The second kappa shape index (κ2) is 10.5. The Kier molecular flexibility index (Phi) is 8.33. The first-order valence-electron chi connectivity index (χ1n) is 9.34. The number of hydrogen-bond donors (Lipinski definition) is 3. The maximum absolute atomic E-state index is 11.1. The van der Waals surface area contributed by atoms with Gasteiger partial charge in [0.15, 0.2) is 5.96 Å². The van der Waals surface area contributed by atoms with Gasteiger partial charge in [0, 0.05) is 18.7 Å². The molecule has 9 heteroatoms. The van der Waals surface area contributed by atoms with Gasteiger partial charge in [-0.2, -0.15) is 0 Å². The molecule has 1 aromatic rings. The van der Waals surface area contributed by atoms with Gasteiger partial charge in [-0.25, -0.2) is 13.6 Å². The van der Waals surface area contributed by atoms with E-state index in [4.69, 9.17) is 14.9 Å². The summed E-state index contributed by atoms with van der Waals surface area (Å²) < 4.78 is 27.8. The van der Waals surface area contributed by atoms with Crippen LogP contribution in [-0.4, -0.2) is 64.9 Å². The molecule has 1 atom stereocenters. The van der Waals surface area contributed by atoms with E-state index in [0.29, 0.717) is 19.0 Å². The highest BCUT2D eigenvalue weighted by molar-refractivity contribution is 7.89. The van der Waals surface area contributed by atoms with Gasteiger partial charge in [0.1, 0.15) is 5.75 Å². The summed E-state index contributed by atoms with van der Waals surface area (Å²) in [5.41, 5.74) is 1.12. The van der Waals surface area contributed by atoms with Crippen LogP contribution in [0.1, 0.15) is 31.4 Å². The van der Waals surface area contributed by atoms with Crippen LogP contribution in [0.2, 0.25) is 0 Å². The van der Waals surface area contributed by atoms with Crippen LogP contribution in [0.3, 0.4) is 0 Å². The van der Waals surface area contributed by atoms with E-state index in [2.05, 4.69) is 21.6 Å². The summed E-state index contributed by atoms with van der Waals surface area (Å²) in [6.45, 7) is 5.49. The maximum Gasteiger partial charge on any atom is 0.210 e. The van der Waals surface area contributed by atoms with Crippen molar-refractivity contribution in [2.75, 3.05) is 45.6 Å². The highest BCUT2D eigenvalue weighted by atomic mass is 32.2. The van der Waals surface area contributed by atoms with Crippen LogP contribution < -0.4 is 20.5 Å². The van der Waals surface area contributed by atoms with E-state index in [0.717, 1.165) is 24.4 Å². The molecule has 8 nitrogen and oxygen atoms in total. The van der Waals surface area contributed by atoms with E-state index in [9.17, 15) is 8.42 Å². The van der Waals surface area contributed by atoms with Gasteiger partial charge < -0.3 is 15.4 Å². The third-order valence-electron chi connectivity index (χ3n) is 4.52. The summed E-state index contributed by atoms with van der Waals surface area (Å²) in [6, 6.07) is 8.14. The number of benzene rings is 1. The molecule has 2 rings (SSSR count). The van der Waals surface area contributed by atoms with Crippen molar-refractivity contribution in [3.05, 3.63) is 29.8 Å². The summed E-state index contributed by atoms with van der Waals surface area (Å²) in [5.74, 6) is 1.30. The molecule has 0 amide bonds. The number of ether oxygens (including phenoxy) is 1. The molecule has 0 saturated carbocycles. The number of hydrogen-bond acceptors (Lipinski definition) is 5. The van der Waals surface area contributed by atoms with Crippen molar-refractivity contribution in [2.24, 2.45) is 10.1 Å². The predicted octanol–water partition coefficient (Wildman–Crippen LogP) is 0.676. The number of para-hydroxylation sites is 1. The standard InChI is InChI=1S/C18H31N5O3S/c1-3-20-18(21-10-13-27(19,24)25)22-14-16(23-11-6-7-12-23)15-8-4-5-9-17(15)26-2/h4-5,8-9,16H,3,6-7,10-14H2,1-2H3,(H2,19,24,25)(H2,20,21,22). The molecule has 1 saturated heterocycles. The molecular formula is C18H31N5O3S. The summed E-state index contributed by atoms with van der Waals surface area (Å²) in [6.07, 6.45) is 2.37. The molecule has 0 spiro atoms. The molecule has 1 aromatic carbocycles. The van der Waals surface area contributed by atoms with Gasteiger partial charge in [0.25, 0.3) is 0 Å². The summed E-state index contributed by atoms with van der Waals surface area (Å²) in [4.78, 5) is 7.12. The van der Waals surface area contributed by atoms with Crippen molar-refractivity contribution in [2.45, 2.75) is 25.8 Å². The van der Waals surface area contributed by atoms with E-state index in [1.807, 2.05) is 25.1 Å². The van der Waals surface area contributed by atoms with Crippen LogP contribution in [0.4, 0.5) is 0 Å². The van der Waals surface area contributed by atoms with Crippen LogP contribution in [0.5, 0.6) is 5.75 Å². The highest BCUT2D eigenvalue weighted by Crippen LogP contribution is 2.31. The topological polar surface area (TPSA) is 109 Å². The maximum atomic E-state index is 11.1. The quantitative estimate of drug-likeness (QED) is 0.418. The smallest absolute Gasteiger partial charge is 0.210 e. The first kappa shape index (κ1) is 21.5. The molecule has 0 aromatic heterocycles. The SMILES string of the molecule is CCNC(=NCC(c1ccccc1OC)N1CCCC1)NCCS(N)(=O)=O. The van der Waals surface area contributed by atoms with Crippen molar-refractivity contribution in [1.29, 1.82) is 0 Å². The van der Waals surface area contributed by atoms with E-state index >= 15 is 0 Å². The van der Waals surface area contributed by atoms with Crippen LogP contribution in [0, 0.1) is 0 Å². The van der Waals surface area contributed by atoms with Gasteiger partial charge in [0.2, 0.25) is 10.0 Å². The third-order valence-corrected chi connectivity index (χ3v) is 5.30. The lowest BCUT2D eigenvalue weighted by atomic mass is 10.0. The Morgan fingerprint density at radius 1 is 1.30 bits per heavy atom. The average molecular weight is 398 g/mol. The molecule has 1 unspecified atom stereocenters. The zero-order valence-electron chi connectivity index (χ0n) is 16.1. The molecule has 27 heavy (non-hydrogen) atoms. The number of nitrogens with one attached hydrogen (secondary N) is 2. The second-order valence-electron chi connectivity index (χ2n) is 6.51. The van der Waals surface area contributed by atoms with Crippen molar-refractivity contribution in [3.63, 3.8) is 0 Å². The van der Waals surface area contributed by atoms with Gasteiger partial charge >= 0.3 is 0 Å². The number of aliphatic imine (C=N–C) groups is 1. The second-order valence-corrected chi connectivity index (χ2v) is 8.25. The molecule has 1 aliphatic rings. The van der Waals surface area contributed by atoms with Gasteiger partial charge in [0.05, 0.1) is 25.4 Å². The molecule has 1 heterocycles. The fourth-order valence-corrected chi connectivity index (χ4v) is 3.62. The molecule has 1 aliphatic heterocycles. The number of methoxy groups -OCH3 is 1. The Morgan fingerprint density at radius 3 is 2.63 bits per heavy atom. The average Bonchev–Trinajstić information content (AvgIpc) is 3.15. The minimum atomic E-state index is -3.50. The monoisotopic (exact) mass is 397 g/mol. The highest BCUT2D eigenvalue weighted by Gasteiger charge is 2.25. The number of sulfonamides is 1. The van der Waals surface area contributed by atoms with Gasteiger partial charge in [-0.3, -0.25) is 9.89 Å². The Hall–Kier alpha value is -1.84. The van der Waals surface area contributed by atoms with Crippen LogP contribution in [-0.2, 0) is 10.0 Å². The van der Waals surface area contributed by atoms with Crippen LogP contribution in [0.15, 0.2) is 29.3 Å². The largest absolute Gasteiger partial charge is 0.496 e. The van der Waals surface area contributed by atoms with Gasteiger partial charge in [-0.05, 0) is 38.9 Å². The first-order chi connectivity index (χ1) is 12.9. The molecular weight excluding hydrogens is 366 g/mol. The molecule has 1 fully saturated rings. The summed E-state index contributed by atoms with van der Waals surface area (Å²) >= 11 is 0. The zero-order chi connectivity index (χ0) is 19.7. The number of likely N-dealkylation sites (tertiary alicyclic amines) is 1. The Bertz CT molecular complexity index is 717. The lowest BCUT2D eigenvalue weighted by Crippen LogP contribution is -2.41. The van der Waals surface area contributed by atoms with Crippen molar-refractivity contribution >= 4 is 16.0 Å². The van der Waals surface area contributed by atoms with Crippen LogP contribution >= 0.6 is 0 Å². The third kappa shape index (κ3) is 7.00. The van der Waals surface area contributed by atoms with Gasteiger partial charge in [-0.15, -0.1) is 0 Å². The van der Waals surface area contributed by atoms with E-state index in [-0.39, 0.29) is 18.3 Å². The Morgan fingerprint density at radius 2 is 2.00 bits per heavy atom. The Balaban J connectivity index is 2.15. The van der Waals surface area contributed by atoms with Crippen molar-refractivity contribution in [3.8, 4) is 5.75 Å². The predicted molar refractivity (Wildman–Crippen MR) is 108 cm³/mol. The lowest BCUT2D eigenvalue weighted by molar-refractivity contribution is 0.245. The number of nitrogens with zero attached hydrogens (tertiary/aromatic N) is 2. The van der Waals surface area contributed by atoms with E-state index < -0.39 is 10.0 Å². The van der Waals surface area contributed by atoms with E-state index in [1.165, 1.54) is 12.8 Å². The van der Waals surface area contributed by atoms with Crippen molar-refractivity contribution in [1.82, 2.24) is 15.5 Å².